The lowest BCUT2D eigenvalue weighted by molar-refractivity contribution is 0.100. The molecule has 46 heavy (non-hydrogen) atoms. The average molecular weight is 612 g/mol. The fraction of sp³-hybridized carbons (Fsp3) is 0. The number of anilines is 6. The summed E-state index contributed by atoms with van der Waals surface area (Å²) >= 11 is 0. The highest BCUT2D eigenvalue weighted by molar-refractivity contribution is 6.12. The number of nitrogens with zero attached hydrogens (tertiary/aromatic N) is 1. The summed E-state index contributed by atoms with van der Waals surface area (Å²) in [6.45, 7) is 0. The van der Waals surface area contributed by atoms with Crippen LogP contribution in [-0.4, -0.2) is 34.6 Å². The molecule has 0 atom stereocenters. The van der Waals surface area contributed by atoms with E-state index in [-0.39, 0.29) is 22.5 Å². The Labute approximate surface area is 262 Å². The van der Waals surface area contributed by atoms with Crippen LogP contribution in [0.1, 0.15) is 41.7 Å². The van der Waals surface area contributed by atoms with E-state index in [1.165, 1.54) is 30.3 Å². The molecular weight excluding hydrogens is 586 g/mol. The number of rotatable bonds is 0. The molecule has 12 heteroatoms. The van der Waals surface area contributed by atoms with E-state index in [9.17, 15) is 24.0 Å². The molecule has 6 amide bonds. The largest absolute Gasteiger partial charge is 0.323 e. The molecule has 1 aliphatic rings. The minimum absolute atomic E-state index is 0.0259. The minimum Gasteiger partial charge on any atom is -0.321 e. The van der Waals surface area contributed by atoms with Crippen molar-refractivity contribution >= 4 is 63.8 Å². The Kier molecular flexibility index (Phi) is 8.15. The van der Waals surface area contributed by atoms with Crippen molar-refractivity contribution in [3.63, 3.8) is 0 Å². The normalized spacial score (nSPS) is 13.6. The molecule has 226 valence electrons. The van der Waals surface area contributed by atoms with Crippen molar-refractivity contribution in [3.05, 3.63) is 138 Å². The standard InChI is InChI=1S/C34H25N7O5/c42-30-20-8-5-10-22(18-20)35-32(44)28-16-7-17-29(37-28)33(45)36-23-11-6-9-21(19-23)31(43)39-25-13-2-4-15-27(25)41-34(46)40-26-14-3-1-12-24(26)38-30/h1-19H,(H,35,44)(H,36,45)(H,38,42)(H,39,43)(H2,40,41,46). The van der Waals surface area contributed by atoms with Crippen LogP contribution < -0.4 is 31.9 Å². The van der Waals surface area contributed by atoms with Gasteiger partial charge in [0, 0.05) is 22.5 Å². The maximum absolute atomic E-state index is 13.2. The first kappa shape index (κ1) is 29.3. The van der Waals surface area contributed by atoms with Gasteiger partial charge in [-0.25, -0.2) is 9.78 Å². The summed E-state index contributed by atoms with van der Waals surface area (Å²) in [4.78, 5) is 69.8. The minimum atomic E-state index is -0.621. The summed E-state index contributed by atoms with van der Waals surface area (Å²) in [7, 11) is 0. The number of carbonyl (C=O) groups excluding carboxylic acids is 5. The molecule has 2 heterocycles. The molecule has 0 saturated heterocycles. The van der Waals surface area contributed by atoms with Gasteiger partial charge in [-0.15, -0.1) is 0 Å². The number of carbonyl (C=O) groups is 5. The van der Waals surface area contributed by atoms with Gasteiger partial charge >= 0.3 is 6.03 Å². The molecule has 0 spiro atoms. The average Bonchev–Trinajstić information content (AvgIpc) is 3.06. The van der Waals surface area contributed by atoms with Gasteiger partial charge in [-0.3, -0.25) is 19.2 Å². The highest BCUT2D eigenvalue weighted by Gasteiger charge is 2.17. The number of fused-ring (bicyclic) bond motifs is 8. The van der Waals surface area contributed by atoms with Crippen molar-refractivity contribution in [2.75, 3.05) is 31.9 Å². The molecular formula is C34H25N7O5. The van der Waals surface area contributed by atoms with Gasteiger partial charge in [0.25, 0.3) is 23.6 Å². The molecule has 6 N–H and O–H groups in total. The van der Waals surface area contributed by atoms with E-state index in [0.29, 0.717) is 34.1 Å². The molecule has 1 aromatic heterocycles. The van der Waals surface area contributed by atoms with Crippen LogP contribution in [0.2, 0.25) is 0 Å². The van der Waals surface area contributed by atoms with Crippen molar-refractivity contribution in [1.82, 2.24) is 4.98 Å². The summed E-state index contributed by atoms with van der Waals surface area (Å²) in [5, 5.41) is 16.4. The second-order valence-electron chi connectivity index (χ2n) is 10.1. The van der Waals surface area contributed by atoms with Crippen molar-refractivity contribution in [2.45, 2.75) is 0 Å². The van der Waals surface area contributed by atoms with Crippen molar-refractivity contribution < 1.29 is 24.0 Å². The summed E-state index contributed by atoms with van der Waals surface area (Å²) in [6, 6.07) is 29.6. The van der Waals surface area contributed by atoms with E-state index in [2.05, 4.69) is 36.9 Å². The Bertz CT molecular complexity index is 1890. The first-order valence-electron chi connectivity index (χ1n) is 14.0. The molecule has 5 aromatic rings. The van der Waals surface area contributed by atoms with Gasteiger partial charge in [0.15, 0.2) is 0 Å². The first-order chi connectivity index (χ1) is 22.3. The SMILES string of the molecule is O=C1Nc2ccccc2NC(=O)c2cccc(c2)NC(=O)c2cccc(n2)C(=O)Nc2cccc(c2)C(=O)Nc2ccccc2N1. The molecule has 0 aliphatic carbocycles. The molecule has 6 rings (SSSR count). The number of hydrogen-bond donors (Lipinski definition) is 6. The van der Waals surface area contributed by atoms with Gasteiger partial charge in [0.05, 0.1) is 22.7 Å². The first-order valence-corrected chi connectivity index (χ1v) is 14.0. The van der Waals surface area contributed by atoms with Crippen LogP contribution in [0.5, 0.6) is 0 Å². The third-order valence-corrected chi connectivity index (χ3v) is 6.83. The van der Waals surface area contributed by atoms with Crippen LogP contribution in [0.3, 0.4) is 0 Å². The Morgan fingerprint density at radius 3 is 1.20 bits per heavy atom. The molecule has 4 aromatic carbocycles. The van der Waals surface area contributed by atoms with Crippen LogP contribution >= 0.6 is 0 Å². The predicted octanol–water partition coefficient (Wildman–Crippen LogP) is 6.05. The van der Waals surface area contributed by atoms with Crippen LogP contribution in [0.25, 0.3) is 0 Å². The third kappa shape index (κ3) is 6.71. The quantitative estimate of drug-likeness (QED) is 0.125. The molecule has 0 radical (unpaired) electrons. The highest BCUT2D eigenvalue weighted by Crippen LogP contribution is 2.26. The Balaban J connectivity index is 1.36. The van der Waals surface area contributed by atoms with Gasteiger partial charge in [-0.1, -0.05) is 42.5 Å². The zero-order valence-electron chi connectivity index (χ0n) is 24.0. The van der Waals surface area contributed by atoms with E-state index in [1.807, 2.05) is 0 Å². The lowest BCUT2D eigenvalue weighted by atomic mass is 10.1. The third-order valence-electron chi connectivity index (χ3n) is 6.83. The van der Waals surface area contributed by atoms with Gasteiger partial charge in [-0.2, -0.15) is 0 Å². The van der Waals surface area contributed by atoms with Crippen LogP contribution in [0.15, 0.2) is 115 Å². The molecule has 0 fully saturated rings. The summed E-state index contributed by atoms with van der Waals surface area (Å²) in [6.07, 6.45) is 0. The molecule has 6 bridgehead atoms. The van der Waals surface area contributed by atoms with Crippen LogP contribution in [0.4, 0.5) is 38.9 Å². The highest BCUT2D eigenvalue weighted by atomic mass is 16.2. The fourth-order valence-corrected chi connectivity index (χ4v) is 4.62. The predicted molar refractivity (Wildman–Crippen MR) is 174 cm³/mol. The Morgan fingerprint density at radius 1 is 0.370 bits per heavy atom. The van der Waals surface area contributed by atoms with Gasteiger partial charge in [0.2, 0.25) is 0 Å². The maximum atomic E-state index is 13.2. The zero-order chi connectivity index (χ0) is 32.0. The second kappa shape index (κ2) is 12.8. The van der Waals surface area contributed by atoms with E-state index in [1.54, 1.807) is 84.9 Å². The van der Waals surface area contributed by atoms with E-state index >= 15 is 0 Å². The maximum Gasteiger partial charge on any atom is 0.323 e. The number of benzene rings is 4. The second-order valence-corrected chi connectivity index (χ2v) is 10.1. The smallest absolute Gasteiger partial charge is 0.321 e. The van der Waals surface area contributed by atoms with E-state index in [4.69, 9.17) is 0 Å². The Hall–Kier alpha value is -6.82. The number of urea groups is 1. The van der Waals surface area contributed by atoms with Gasteiger partial charge < -0.3 is 31.9 Å². The summed E-state index contributed by atoms with van der Waals surface area (Å²) < 4.78 is 0. The number of aromatic nitrogens is 1. The topological polar surface area (TPSA) is 170 Å². The van der Waals surface area contributed by atoms with Crippen molar-refractivity contribution in [1.29, 1.82) is 0 Å². The Morgan fingerprint density at radius 2 is 0.761 bits per heavy atom. The summed E-state index contributed by atoms with van der Waals surface area (Å²) in [5.41, 5.74) is 2.35. The number of para-hydroxylation sites is 4. The van der Waals surface area contributed by atoms with E-state index in [0.717, 1.165) is 0 Å². The number of amides is 6. The summed E-state index contributed by atoms with van der Waals surface area (Å²) in [5.74, 6) is -2.18. The van der Waals surface area contributed by atoms with Gasteiger partial charge in [-0.05, 0) is 72.8 Å². The van der Waals surface area contributed by atoms with Crippen LogP contribution in [0, 0.1) is 0 Å². The number of pyridine rings is 1. The molecule has 0 saturated carbocycles. The fourth-order valence-electron chi connectivity index (χ4n) is 4.62. The number of nitrogens with one attached hydrogen (secondary N) is 6. The monoisotopic (exact) mass is 611 g/mol. The lowest BCUT2D eigenvalue weighted by Gasteiger charge is -2.15. The number of hydrogen-bond acceptors (Lipinski definition) is 6. The van der Waals surface area contributed by atoms with Gasteiger partial charge in [0.1, 0.15) is 11.4 Å². The molecule has 0 unspecified atom stereocenters. The van der Waals surface area contributed by atoms with E-state index < -0.39 is 29.7 Å². The van der Waals surface area contributed by atoms with Crippen molar-refractivity contribution in [3.8, 4) is 0 Å². The van der Waals surface area contributed by atoms with Crippen molar-refractivity contribution in [2.24, 2.45) is 0 Å². The van der Waals surface area contributed by atoms with Crippen LogP contribution in [-0.2, 0) is 0 Å². The lowest BCUT2D eigenvalue weighted by Crippen LogP contribution is -2.23. The molecule has 12 nitrogen and oxygen atoms in total. The zero-order valence-corrected chi connectivity index (χ0v) is 24.0. The molecule has 1 aliphatic heterocycles.